The monoisotopic (exact) mass is 228 g/mol. The number of rotatable bonds is 1. The predicted octanol–water partition coefficient (Wildman–Crippen LogP) is 2.90. The Bertz CT molecular complexity index is 547. The second kappa shape index (κ2) is 3.62. The van der Waals surface area contributed by atoms with Crippen LogP contribution in [0.25, 0.3) is 0 Å². The first-order valence-corrected chi connectivity index (χ1v) is 6.00. The van der Waals surface area contributed by atoms with Crippen LogP contribution >= 0.6 is 0 Å². The number of benzene rings is 1. The topological polar surface area (TPSA) is 52.0 Å². The van der Waals surface area contributed by atoms with Gasteiger partial charge in [0, 0.05) is 5.41 Å². The van der Waals surface area contributed by atoms with E-state index in [-0.39, 0.29) is 5.41 Å². The highest BCUT2D eigenvalue weighted by atomic mass is 16.5. The van der Waals surface area contributed by atoms with Crippen LogP contribution in [0.3, 0.4) is 0 Å². The molecule has 3 heteroatoms. The van der Waals surface area contributed by atoms with E-state index in [1.807, 2.05) is 0 Å². The molecule has 1 atom stereocenters. The average Bonchev–Trinajstić information content (AvgIpc) is 2.77. The number of nitrogens with zero attached hydrogens (tertiary/aromatic N) is 1. The Kier molecular flexibility index (Phi) is 2.21. The predicted molar refractivity (Wildman–Crippen MR) is 66.7 cm³/mol. The summed E-state index contributed by atoms with van der Waals surface area (Å²) >= 11 is 0. The molecule has 1 aliphatic rings. The minimum atomic E-state index is -0.105. The molecule has 0 saturated carbocycles. The van der Waals surface area contributed by atoms with Crippen LogP contribution in [0.15, 0.2) is 35.1 Å². The Hall–Kier alpha value is -1.77. The average molecular weight is 228 g/mol. The zero-order valence-corrected chi connectivity index (χ0v) is 9.94. The third-order valence-electron chi connectivity index (χ3n) is 3.85. The molecule has 3 rings (SSSR count). The molecule has 88 valence electrons. The van der Waals surface area contributed by atoms with Gasteiger partial charge in [-0.3, -0.25) is 0 Å². The lowest BCUT2D eigenvalue weighted by Crippen LogP contribution is -2.30. The quantitative estimate of drug-likeness (QED) is 0.816. The van der Waals surface area contributed by atoms with Crippen LogP contribution in [0.4, 0.5) is 5.69 Å². The van der Waals surface area contributed by atoms with Crippen LogP contribution < -0.4 is 5.73 Å². The highest BCUT2D eigenvalue weighted by Gasteiger charge is 2.37. The van der Waals surface area contributed by atoms with Gasteiger partial charge >= 0.3 is 0 Å². The first-order valence-electron chi connectivity index (χ1n) is 6.00. The van der Waals surface area contributed by atoms with Crippen LogP contribution in [0.5, 0.6) is 0 Å². The highest BCUT2D eigenvalue weighted by molar-refractivity contribution is 5.51. The van der Waals surface area contributed by atoms with Gasteiger partial charge in [0.05, 0.1) is 5.69 Å². The van der Waals surface area contributed by atoms with Gasteiger partial charge in [0.25, 0.3) is 0 Å². The molecule has 0 radical (unpaired) electrons. The van der Waals surface area contributed by atoms with Crippen LogP contribution in [-0.4, -0.2) is 5.16 Å². The number of aromatic nitrogens is 1. The number of hydrogen-bond acceptors (Lipinski definition) is 3. The molecule has 0 spiro atoms. The van der Waals surface area contributed by atoms with Gasteiger partial charge < -0.3 is 10.3 Å². The van der Waals surface area contributed by atoms with Crippen molar-refractivity contribution in [2.24, 2.45) is 0 Å². The Morgan fingerprint density at radius 1 is 1.35 bits per heavy atom. The van der Waals surface area contributed by atoms with Gasteiger partial charge in [-0.25, -0.2) is 0 Å². The summed E-state index contributed by atoms with van der Waals surface area (Å²) in [4.78, 5) is 0. The van der Waals surface area contributed by atoms with E-state index < -0.39 is 0 Å². The molecular formula is C14H16N2O. The minimum absolute atomic E-state index is 0.105. The van der Waals surface area contributed by atoms with Crippen molar-refractivity contribution in [1.29, 1.82) is 0 Å². The normalized spacial score (nSPS) is 23.4. The molecule has 1 aliphatic carbocycles. The largest absolute Gasteiger partial charge is 0.395 e. The van der Waals surface area contributed by atoms with Crippen molar-refractivity contribution < 1.29 is 4.52 Å². The number of nitrogens with two attached hydrogens (primary N) is 1. The summed E-state index contributed by atoms with van der Waals surface area (Å²) in [5.74, 6) is 0. The molecule has 17 heavy (non-hydrogen) atoms. The third kappa shape index (κ3) is 1.46. The van der Waals surface area contributed by atoms with Crippen LogP contribution in [-0.2, 0) is 11.8 Å². The minimum Gasteiger partial charge on any atom is -0.395 e. The zero-order chi connectivity index (χ0) is 11.9. The Labute approximate surface area is 101 Å². The smallest absolute Gasteiger partial charge is 0.147 e. The number of hydrogen-bond donors (Lipinski definition) is 1. The summed E-state index contributed by atoms with van der Waals surface area (Å²) in [6.07, 6.45) is 4.90. The Balaban J connectivity index is 2.19. The highest BCUT2D eigenvalue weighted by Crippen LogP contribution is 2.43. The van der Waals surface area contributed by atoms with Crippen molar-refractivity contribution in [3.05, 3.63) is 47.3 Å². The lowest BCUT2D eigenvalue weighted by atomic mass is 9.69. The van der Waals surface area contributed by atoms with Gasteiger partial charge in [-0.1, -0.05) is 29.4 Å². The van der Waals surface area contributed by atoms with Gasteiger partial charge in [0.2, 0.25) is 0 Å². The van der Waals surface area contributed by atoms with Gasteiger partial charge in [0.15, 0.2) is 0 Å². The molecule has 3 nitrogen and oxygen atoms in total. The maximum atomic E-state index is 5.96. The van der Waals surface area contributed by atoms with Gasteiger partial charge in [-0.15, -0.1) is 0 Å². The molecule has 1 unspecified atom stereocenters. The van der Waals surface area contributed by atoms with E-state index in [4.69, 9.17) is 10.3 Å². The number of anilines is 1. The van der Waals surface area contributed by atoms with E-state index in [0.717, 1.165) is 18.5 Å². The van der Waals surface area contributed by atoms with E-state index in [9.17, 15) is 0 Å². The molecule has 0 bridgehead atoms. The van der Waals surface area contributed by atoms with Crippen LogP contribution in [0.2, 0.25) is 0 Å². The molecule has 2 aromatic rings. The fraction of sp³-hybridized carbons (Fsp3) is 0.357. The van der Waals surface area contributed by atoms with Crippen molar-refractivity contribution in [3.8, 4) is 0 Å². The molecule has 0 saturated heterocycles. The lowest BCUT2D eigenvalue weighted by Gasteiger charge is -2.34. The van der Waals surface area contributed by atoms with E-state index in [1.165, 1.54) is 23.8 Å². The van der Waals surface area contributed by atoms with Crippen LogP contribution in [0.1, 0.15) is 36.6 Å². The molecular weight excluding hydrogens is 212 g/mol. The van der Waals surface area contributed by atoms with Crippen molar-refractivity contribution in [2.75, 3.05) is 5.73 Å². The van der Waals surface area contributed by atoms with Gasteiger partial charge in [0.1, 0.15) is 12.0 Å². The summed E-state index contributed by atoms with van der Waals surface area (Å²) in [6.45, 7) is 2.21. The molecule has 0 fully saturated rings. The number of nitrogen functional groups attached to an aromatic ring is 1. The number of fused-ring (bicyclic) bond motifs is 1. The molecule has 1 heterocycles. The van der Waals surface area contributed by atoms with Crippen molar-refractivity contribution in [2.45, 2.75) is 31.6 Å². The molecule has 2 N–H and O–H groups in total. The van der Waals surface area contributed by atoms with Crippen molar-refractivity contribution in [3.63, 3.8) is 0 Å². The number of aryl methyl sites for hydroxylation is 1. The summed E-state index contributed by atoms with van der Waals surface area (Å²) in [5, 5.41) is 4.11. The van der Waals surface area contributed by atoms with E-state index in [1.54, 1.807) is 0 Å². The van der Waals surface area contributed by atoms with Gasteiger partial charge in [-0.2, -0.15) is 0 Å². The van der Waals surface area contributed by atoms with Gasteiger partial charge in [-0.05, 0) is 37.3 Å². The zero-order valence-electron chi connectivity index (χ0n) is 9.94. The SMILES string of the molecule is CC1(c2nocc2N)CCCc2ccccc21. The van der Waals surface area contributed by atoms with Crippen LogP contribution in [0, 0.1) is 0 Å². The summed E-state index contributed by atoms with van der Waals surface area (Å²) < 4.78 is 5.00. The fourth-order valence-corrected chi connectivity index (χ4v) is 2.95. The molecule has 1 aromatic carbocycles. The third-order valence-corrected chi connectivity index (χ3v) is 3.85. The van der Waals surface area contributed by atoms with E-state index in [2.05, 4.69) is 36.3 Å². The second-order valence-corrected chi connectivity index (χ2v) is 4.96. The summed E-state index contributed by atoms with van der Waals surface area (Å²) in [6, 6.07) is 8.56. The maximum Gasteiger partial charge on any atom is 0.147 e. The van der Waals surface area contributed by atoms with Crippen molar-refractivity contribution >= 4 is 5.69 Å². The standard InChI is InChI=1S/C14H16N2O/c1-14(13-12(15)9-17-16-13)8-4-6-10-5-2-3-7-11(10)14/h2-3,5,7,9H,4,6,8,15H2,1H3. The van der Waals surface area contributed by atoms with E-state index >= 15 is 0 Å². The fourth-order valence-electron chi connectivity index (χ4n) is 2.95. The maximum absolute atomic E-state index is 5.96. The summed E-state index contributed by atoms with van der Waals surface area (Å²) in [7, 11) is 0. The second-order valence-electron chi connectivity index (χ2n) is 4.96. The Morgan fingerprint density at radius 2 is 2.18 bits per heavy atom. The Morgan fingerprint density at radius 3 is 2.94 bits per heavy atom. The van der Waals surface area contributed by atoms with E-state index in [0.29, 0.717) is 5.69 Å². The molecule has 1 aromatic heterocycles. The first kappa shape index (κ1) is 10.4. The van der Waals surface area contributed by atoms with Crippen molar-refractivity contribution in [1.82, 2.24) is 5.16 Å². The summed E-state index contributed by atoms with van der Waals surface area (Å²) in [5.41, 5.74) is 10.1. The molecule has 0 aliphatic heterocycles. The lowest BCUT2D eigenvalue weighted by molar-refractivity contribution is 0.376. The molecule has 0 amide bonds. The first-order chi connectivity index (χ1) is 8.22.